The third-order valence-electron chi connectivity index (χ3n) is 3.81. The van der Waals surface area contributed by atoms with Crippen molar-refractivity contribution in [2.75, 3.05) is 0 Å². The molecule has 0 aliphatic rings. The van der Waals surface area contributed by atoms with Crippen molar-refractivity contribution in [1.29, 1.82) is 5.41 Å². The Kier molecular flexibility index (Phi) is 5.65. The zero-order chi connectivity index (χ0) is 19.6. The van der Waals surface area contributed by atoms with E-state index >= 15 is 0 Å². The van der Waals surface area contributed by atoms with Crippen molar-refractivity contribution in [3.8, 4) is 0 Å². The summed E-state index contributed by atoms with van der Waals surface area (Å²) in [5, 5.41) is 29.9. The second-order valence-corrected chi connectivity index (χ2v) is 7.27. The summed E-state index contributed by atoms with van der Waals surface area (Å²) >= 11 is 6.94. The van der Waals surface area contributed by atoms with Crippen molar-refractivity contribution in [2.24, 2.45) is 0 Å². The standard InChI is InChI=1S/C19H13ClF2N2O2S/c20-15-6-5-14(27-15)19(26)16(18(25)10-2-1-7-24-9-10)17(23)12-4-3-11(21)8-13(12)22/h1-9,18,23,25-26H/b19-16+,23-17?. The molecule has 0 radical (unpaired) electrons. The van der Waals surface area contributed by atoms with Gasteiger partial charge >= 0.3 is 0 Å². The maximum atomic E-state index is 14.2. The molecule has 1 aromatic carbocycles. The molecule has 3 N–H and O–H groups in total. The molecule has 27 heavy (non-hydrogen) atoms. The molecule has 0 aliphatic heterocycles. The van der Waals surface area contributed by atoms with Gasteiger partial charge in [0.2, 0.25) is 0 Å². The predicted molar refractivity (Wildman–Crippen MR) is 101 cm³/mol. The fourth-order valence-corrected chi connectivity index (χ4v) is 3.50. The molecule has 138 valence electrons. The summed E-state index contributed by atoms with van der Waals surface area (Å²) in [5.74, 6) is -2.19. The van der Waals surface area contributed by atoms with E-state index in [1.165, 1.54) is 18.5 Å². The SMILES string of the molecule is N=C(/C(=C(\O)c1ccc(Cl)s1)C(O)c1cccnc1)c1ccc(F)cc1F. The monoisotopic (exact) mass is 406 g/mol. The first kappa shape index (κ1) is 19.2. The number of aliphatic hydroxyl groups excluding tert-OH is 2. The van der Waals surface area contributed by atoms with E-state index in [2.05, 4.69) is 4.98 Å². The van der Waals surface area contributed by atoms with Gasteiger partial charge in [-0.2, -0.15) is 0 Å². The smallest absolute Gasteiger partial charge is 0.141 e. The van der Waals surface area contributed by atoms with Crippen molar-refractivity contribution in [3.05, 3.63) is 92.4 Å². The van der Waals surface area contributed by atoms with Crippen LogP contribution >= 0.6 is 22.9 Å². The number of hydrogen-bond donors (Lipinski definition) is 3. The van der Waals surface area contributed by atoms with E-state index in [1.54, 1.807) is 18.2 Å². The minimum Gasteiger partial charge on any atom is -0.506 e. The van der Waals surface area contributed by atoms with Crippen molar-refractivity contribution >= 4 is 34.4 Å². The largest absolute Gasteiger partial charge is 0.506 e. The highest BCUT2D eigenvalue weighted by Crippen LogP contribution is 2.34. The molecular weight excluding hydrogens is 394 g/mol. The van der Waals surface area contributed by atoms with Crippen LogP contribution in [0.2, 0.25) is 4.34 Å². The number of halogens is 3. The molecule has 3 rings (SSSR count). The Morgan fingerprint density at radius 1 is 1.19 bits per heavy atom. The summed E-state index contributed by atoms with van der Waals surface area (Å²) in [7, 11) is 0. The number of aliphatic hydroxyl groups is 2. The molecule has 2 aromatic heterocycles. The van der Waals surface area contributed by atoms with Crippen LogP contribution in [0.15, 0.2) is 60.4 Å². The Morgan fingerprint density at radius 2 is 1.96 bits per heavy atom. The third-order valence-corrected chi connectivity index (χ3v) is 5.04. The van der Waals surface area contributed by atoms with E-state index in [0.29, 0.717) is 20.8 Å². The third kappa shape index (κ3) is 4.05. The normalized spacial score (nSPS) is 13.2. The van der Waals surface area contributed by atoms with Crippen LogP contribution < -0.4 is 0 Å². The van der Waals surface area contributed by atoms with Gasteiger partial charge in [-0.25, -0.2) is 8.78 Å². The number of benzene rings is 1. The van der Waals surface area contributed by atoms with Gasteiger partial charge in [0.05, 0.1) is 20.5 Å². The van der Waals surface area contributed by atoms with Gasteiger partial charge in [-0.1, -0.05) is 17.7 Å². The number of rotatable bonds is 5. The Balaban J connectivity index is 2.16. The lowest BCUT2D eigenvalue weighted by molar-refractivity contribution is 0.219. The molecule has 8 heteroatoms. The van der Waals surface area contributed by atoms with Crippen LogP contribution in [0.4, 0.5) is 8.78 Å². The van der Waals surface area contributed by atoms with Gasteiger partial charge in [0.1, 0.15) is 23.5 Å². The molecular formula is C19H13ClF2N2O2S. The zero-order valence-electron chi connectivity index (χ0n) is 13.7. The molecule has 0 bridgehead atoms. The van der Waals surface area contributed by atoms with E-state index in [1.807, 2.05) is 0 Å². The Hall–Kier alpha value is -2.61. The minimum atomic E-state index is -1.46. The number of pyridine rings is 1. The van der Waals surface area contributed by atoms with Crippen LogP contribution in [0.3, 0.4) is 0 Å². The fourth-order valence-electron chi connectivity index (χ4n) is 2.50. The van der Waals surface area contributed by atoms with Crippen LogP contribution in [0.5, 0.6) is 0 Å². The van der Waals surface area contributed by atoms with Crippen LogP contribution in [-0.2, 0) is 0 Å². The summed E-state index contributed by atoms with van der Waals surface area (Å²) in [6.45, 7) is 0. The molecule has 1 unspecified atom stereocenters. The Morgan fingerprint density at radius 3 is 2.56 bits per heavy atom. The molecule has 0 amide bonds. The van der Waals surface area contributed by atoms with Gasteiger partial charge in [-0.15, -0.1) is 11.3 Å². The van der Waals surface area contributed by atoms with E-state index in [9.17, 15) is 19.0 Å². The number of hydrogen-bond acceptors (Lipinski definition) is 5. The summed E-state index contributed by atoms with van der Waals surface area (Å²) in [4.78, 5) is 4.21. The molecule has 0 spiro atoms. The van der Waals surface area contributed by atoms with E-state index in [-0.39, 0.29) is 11.1 Å². The van der Waals surface area contributed by atoms with Gasteiger partial charge < -0.3 is 10.2 Å². The summed E-state index contributed by atoms with van der Waals surface area (Å²) < 4.78 is 27.8. The highest BCUT2D eigenvalue weighted by Gasteiger charge is 2.26. The maximum absolute atomic E-state index is 14.2. The minimum absolute atomic E-state index is 0.243. The van der Waals surface area contributed by atoms with Crippen LogP contribution in [0.25, 0.3) is 5.76 Å². The van der Waals surface area contributed by atoms with Crippen LogP contribution in [0, 0.1) is 17.0 Å². The molecule has 0 aliphatic carbocycles. The fraction of sp³-hybridized carbons (Fsp3) is 0.0526. The average Bonchev–Trinajstić information content (AvgIpc) is 3.08. The lowest BCUT2D eigenvalue weighted by Gasteiger charge is -2.18. The zero-order valence-corrected chi connectivity index (χ0v) is 15.2. The van der Waals surface area contributed by atoms with E-state index < -0.39 is 29.2 Å². The first-order chi connectivity index (χ1) is 12.9. The highest BCUT2D eigenvalue weighted by molar-refractivity contribution is 7.17. The van der Waals surface area contributed by atoms with Gasteiger partial charge in [-0.3, -0.25) is 10.4 Å². The summed E-state index contributed by atoms with van der Waals surface area (Å²) in [6, 6.07) is 8.92. The van der Waals surface area contributed by atoms with Gasteiger partial charge in [0.15, 0.2) is 0 Å². The van der Waals surface area contributed by atoms with E-state index in [0.717, 1.165) is 23.5 Å². The lowest BCUT2D eigenvalue weighted by atomic mass is 9.92. The van der Waals surface area contributed by atoms with Crippen molar-refractivity contribution in [2.45, 2.75) is 6.10 Å². The van der Waals surface area contributed by atoms with Gasteiger partial charge in [-0.05, 0) is 30.3 Å². The summed E-state index contributed by atoms with van der Waals surface area (Å²) in [5.41, 5.74) is -0.685. The molecule has 0 fully saturated rings. The average molecular weight is 407 g/mol. The predicted octanol–water partition coefficient (Wildman–Crippen LogP) is 5.15. The molecule has 3 aromatic rings. The topological polar surface area (TPSA) is 77.2 Å². The molecule has 0 saturated heterocycles. The molecule has 1 atom stereocenters. The first-order valence-corrected chi connectivity index (χ1v) is 8.89. The highest BCUT2D eigenvalue weighted by atomic mass is 35.5. The number of nitrogens with one attached hydrogen (secondary N) is 1. The lowest BCUT2D eigenvalue weighted by Crippen LogP contribution is -2.16. The number of nitrogens with zero attached hydrogens (tertiary/aromatic N) is 1. The van der Waals surface area contributed by atoms with Crippen molar-refractivity contribution in [3.63, 3.8) is 0 Å². The van der Waals surface area contributed by atoms with Crippen molar-refractivity contribution < 1.29 is 19.0 Å². The molecule has 0 saturated carbocycles. The van der Waals surface area contributed by atoms with Gasteiger partial charge in [0.25, 0.3) is 0 Å². The molecule has 2 heterocycles. The summed E-state index contributed by atoms with van der Waals surface area (Å²) in [6.07, 6.45) is 1.41. The Bertz CT molecular complexity index is 1020. The second kappa shape index (κ2) is 7.96. The first-order valence-electron chi connectivity index (χ1n) is 7.69. The van der Waals surface area contributed by atoms with Crippen molar-refractivity contribution in [1.82, 2.24) is 4.98 Å². The number of aromatic nitrogens is 1. The van der Waals surface area contributed by atoms with Crippen LogP contribution in [-0.4, -0.2) is 20.9 Å². The maximum Gasteiger partial charge on any atom is 0.141 e. The molecule has 4 nitrogen and oxygen atoms in total. The number of thiophene rings is 1. The second-order valence-electron chi connectivity index (χ2n) is 5.55. The Labute approximate surface area is 162 Å². The quantitative estimate of drug-likeness (QED) is 0.405. The van der Waals surface area contributed by atoms with E-state index in [4.69, 9.17) is 17.0 Å². The van der Waals surface area contributed by atoms with Gasteiger partial charge in [0, 0.05) is 29.6 Å². The van der Waals surface area contributed by atoms with Crippen LogP contribution in [0.1, 0.15) is 22.1 Å².